The zero-order valence-corrected chi connectivity index (χ0v) is 22.7. The van der Waals surface area contributed by atoms with Crippen molar-refractivity contribution in [1.29, 1.82) is 0 Å². The zero-order chi connectivity index (χ0) is 28.1. The maximum atomic E-state index is 13.8. The van der Waals surface area contributed by atoms with Crippen LogP contribution in [0.1, 0.15) is 37.9 Å². The summed E-state index contributed by atoms with van der Waals surface area (Å²) in [6.07, 6.45) is 1.67. The van der Waals surface area contributed by atoms with E-state index < -0.39 is 24.6 Å². The maximum absolute atomic E-state index is 13.8. The van der Waals surface area contributed by atoms with Crippen LogP contribution in [0.15, 0.2) is 63.5 Å². The lowest BCUT2D eigenvalue weighted by Gasteiger charge is -2.24. The van der Waals surface area contributed by atoms with Crippen molar-refractivity contribution in [2.24, 2.45) is 4.99 Å². The highest BCUT2D eigenvalue weighted by atomic mass is 32.1. The van der Waals surface area contributed by atoms with Crippen LogP contribution in [0.4, 0.5) is 0 Å². The van der Waals surface area contributed by atoms with Crippen LogP contribution in [0.2, 0.25) is 0 Å². The van der Waals surface area contributed by atoms with E-state index in [1.165, 1.54) is 23.0 Å². The smallest absolute Gasteiger partial charge is 0.338 e. The summed E-state index contributed by atoms with van der Waals surface area (Å²) in [6.45, 7) is 5.40. The summed E-state index contributed by atoms with van der Waals surface area (Å²) >= 11 is 1.19. The second-order valence-corrected chi connectivity index (χ2v) is 9.38. The Morgan fingerprint density at radius 2 is 1.82 bits per heavy atom. The van der Waals surface area contributed by atoms with Gasteiger partial charge in [0.05, 0.1) is 48.1 Å². The van der Waals surface area contributed by atoms with Gasteiger partial charge in [-0.05, 0) is 62.2 Å². The molecule has 3 aromatic rings. The van der Waals surface area contributed by atoms with Crippen molar-refractivity contribution in [2.75, 3.05) is 26.9 Å². The Morgan fingerprint density at radius 1 is 1.08 bits per heavy atom. The highest BCUT2D eigenvalue weighted by Gasteiger charge is 2.33. The normalized spacial score (nSPS) is 14.9. The van der Waals surface area contributed by atoms with Crippen molar-refractivity contribution in [3.05, 3.63) is 84.5 Å². The summed E-state index contributed by atoms with van der Waals surface area (Å²) in [5, 5.41) is 10.7. The first-order chi connectivity index (χ1) is 18.8. The van der Waals surface area contributed by atoms with Gasteiger partial charge in [-0.1, -0.05) is 29.5 Å². The minimum Gasteiger partial charge on any atom is -0.546 e. The van der Waals surface area contributed by atoms with Crippen LogP contribution in [0.5, 0.6) is 17.2 Å². The van der Waals surface area contributed by atoms with E-state index in [9.17, 15) is 19.5 Å². The van der Waals surface area contributed by atoms with Crippen molar-refractivity contribution in [3.8, 4) is 17.2 Å². The Bertz CT molecular complexity index is 1600. The van der Waals surface area contributed by atoms with E-state index in [4.69, 9.17) is 18.9 Å². The van der Waals surface area contributed by atoms with E-state index in [-0.39, 0.29) is 23.5 Å². The van der Waals surface area contributed by atoms with Crippen LogP contribution in [0.25, 0.3) is 6.08 Å². The number of aromatic nitrogens is 1. The molecule has 0 amide bonds. The Balaban J connectivity index is 1.83. The zero-order valence-electron chi connectivity index (χ0n) is 21.9. The molecule has 0 fully saturated rings. The van der Waals surface area contributed by atoms with Gasteiger partial charge in [0.1, 0.15) is 12.4 Å². The van der Waals surface area contributed by atoms with Crippen LogP contribution in [0, 0.1) is 0 Å². The molecule has 204 valence electrons. The lowest BCUT2D eigenvalue weighted by molar-refractivity contribution is -0.307. The fourth-order valence-electron chi connectivity index (χ4n) is 4.20. The molecule has 10 nitrogen and oxygen atoms in total. The van der Waals surface area contributed by atoms with Crippen LogP contribution < -0.4 is 34.2 Å². The minimum atomic E-state index is -1.36. The van der Waals surface area contributed by atoms with E-state index in [2.05, 4.69) is 4.99 Å². The number of thiazole rings is 1. The Hall–Kier alpha value is -4.38. The molecule has 1 aliphatic heterocycles. The third-order valence-electron chi connectivity index (χ3n) is 5.85. The third kappa shape index (κ3) is 5.88. The van der Waals surface area contributed by atoms with Crippen molar-refractivity contribution in [1.82, 2.24) is 4.57 Å². The maximum Gasteiger partial charge on any atom is 0.338 e. The summed E-state index contributed by atoms with van der Waals surface area (Å²) < 4.78 is 23.3. The Labute approximate surface area is 228 Å². The number of carboxylic acids is 1. The van der Waals surface area contributed by atoms with Gasteiger partial charge in [-0.2, -0.15) is 0 Å². The molecule has 1 aliphatic rings. The molecule has 2 aromatic carbocycles. The van der Waals surface area contributed by atoms with Gasteiger partial charge in [0.15, 0.2) is 16.3 Å². The van der Waals surface area contributed by atoms with E-state index >= 15 is 0 Å². The van der Waals surface area contributed by atoms with Crippen LogP contribution in [0.3, 0.4) is 0 Å². The third-order valence-corrected chi connectivity index (χ3v) is 6.84. The summed E-state index contributed by atoms with van der Waals surface area (Å²) in [6, 6.07) is 11.3. The van der Waals surface area contributed by atoms with E-state index in [0.29, 0.717) is 44.3 Å². The molecule has 4 rings (SSSR count). The molecule has 0 spiro atoms. The molecule has 1 aromatic heterocycles. The number of carboxylic acid groups (broad SMARTS) is 1. The molecule has 0 N–H and O–H groups in total. The number of aliphatic carboxylic acids is 1. The number of allylic oxidation sites excluding steroid dienone is 1. The first kappa shape index (κ1) is 27.6. The first-order valence-electron chi connectivity index (χ1n) is 12.2. The molecule has 11 heteroatoms. The Kier molecular flexibility index (Phi) is 8.50. The van der Waals surface area contributed by atoms with Crippen LogP contribution in [-0.4, -0.2) is 43.4 Å². The number of hydrogen-bond donors (Lipinski definition) is 0. The Morgan fingerprint density at radius 3 is 2.46 bits per heavy atom. The number of esters is 1. The van der Waals surface area contributed by atoms with E-state index in [1.54, 1.807) is 50.3 Å². The van der Waals surface area contributed by atoms with Gasteiger partial charge in [-0.3, -0.25) is 9.36 Å². The molecule has 0 aliphatic carbocycles. The first-order valence-corrected chi connectivity index (χ1v) is 13.0. The second-order valence-electron chi connectivity index (χ2n) is 8.38. The van der Waals surface area contributed by atoms with Gasteiger partial charge in [0.2, 0.25) is 0 Å². The van der Waals surface area contributed by atoms with Crippen LogP contribution >= 0.6 is 11.3 Å². The average Bonchev–Trinajstić information content (AvgIpc) is 3.21. The molecular weight excluding hydrogens is 524 g/mol. The number of nitrogens with zero attached hydrogens (tertiary/aromatic N) is 2. The molecule has 0 saturated carbocycles. The number of carbonyl (C=O) groups is 2. The van der Waals surface area contributed by atoms with Gasteiger partial charge in [-0.15, -0.1) is 0 Å². The van der Waals surface area contributed by atoms with Gasteiger partial charge in [-0.25, -0.2) is 9.79 Å². The number of carbonyl (C=O) groups excluding carboxylic acids is 2. The fraction of sp³-hybridized carbons (Fsp3) is 0.286. The average molecular weight is 552 g/mol. The molecule has 0 radical (unpaired) electrons. The van der Waals surface area contributed by atoms with E-state index in [1.807, 2.05) is 19.1 Å². The summed E-state index contributed by atoms with van der Waals surface area (Å²) in [5.74, 6) is -0.699. The van der Waals surface area contributed by atoms with Gasteiger partial charge in [0, 0.05) is 0 Å². The highest BCUT2D eigenvalue weighted by Crippen LogP contribution is 2.32. The van der Waals surface area contributed by atoms with Crippen LogP contribution in [-0.2, 0) is 14.3 Å². The highest BCUT2D eigenvalue weighted by molar-refractivity contribution is 7.07. The number of rotatable bonds is 10. The lowest BCUT2D eigenvalue weighted by atomic mass is 9.96. The molecule has 0 unspecified atom stereocenters. The van der Waals surface area contributed by atoms with Gasteiger partial charge >= 0.3 is 5.97 Å². The standard InChI is InChI=1S/C28H28N2O8S/c1-5-36-19-10-8-18(9-11-19)25-24(27(34)37-6-2)16(3)29-28-30(25)26(33)22(39-28)14-17-7-12-20(21(13-17)35-4)38-15-23(31)32/h7-14,25H,5-6,15H2,1-4H3,(H,31,32)/p-1/b22-14+/t25-/m0/s1. The summed E-state index contributed by atoms with van der Waals surface area (Å²) in [5.41, 5.74) is 1.76. The predicted molar refractivity (Wildman–Crippen MR) is 142 cm³/mol. The van der Waals surface area contributed by atoms with E-state index in [0.717, 1.165) is 0 Å². The SMILES string of the molecule is CCOC(=O)C1=C(C)N=c2s/c(=C/c3ccc(OCC(=O)[O-])c(OC)c3)c(=O)n2[C@H]1c1ccc(OCC)cc1. The monoisotopic (exact) mass is 551 g/mol. The number of fused-ring (bicyclic) bond motifs is 1. The van der Waals surface area contributed by atoms with Gasteiger partial charge < -0.3 is 28.8 Å². The fourth-order valence-corrected chi connectivity index (χ4v) is 5.25. The minimum absolute atomic E-state index is 0.181. The number of hydrogen-bond acceptors (Lipinski definition) is 10. The second kappa shape index (κ2) is 12.0. The topological polar surface area (TPSA) is 128 Å². The molecule has 39 heavy (non-hydrogen) atoms. The van der Waals surface area contributed by atoms with Crippen molar-refractivity contribution in [2.45, 2.75) is 26.8 Å². The molecule has 0 bridgehead atoms. The van der Waals surface area contributed by atoms with Crippen molar-refractivity contribution < 1.29 is 33.6 Å². The molecular formula is C28H27N2O8S-. The molecule has 2 heterocycles. The number of benzene rings is 2. The lowest BCUT2D eigenvalue weighted by Crippen LogP contribution is -2.39. The summed E-state index contributed by atoms with van der Waals surface area (Å²) in [7, 11) is 1.43. The van der Waals surface area contributed by atoms with Crippen molar-refractivity contribution in [3.63, 3.8) is 0 Å². The van der Waals surface area contributed by atoms with Gasteiger partial charge in [0.25, 0.3) is 5.56 Å². The van der Waals surface area contributed by atoms with Crippen molar-refractivity contribution >= 4 is 29.4 Å². The molecule has 0 saturated heterocycles. The number of methoxy groups -OCH3 is 1. The predicted octanol–water partition coefficient (Wildman–Crippen LogP) is 1.33. The summed E-state index contributed by atoms with van der Waals surface area (Å²) in [4.78, 5) is 42.5. The molecule has 1 atom stereocenters. The largest absolute Gasteiger partial charge is 0.546 e. The quantitative estimate of drug-likeness (QED) is 0.345. The number of ether oxygens (including phenoxy) is 4.